The first-order valence-electron chi connectivity index (χ1n) is 10.2. The van der Waals surface area contributed by atoms with Crippen LogP contribution in [0.2, 0.25) is 0 Å². The second-order valence-electron chi connectivity index (χ2n) is 7.62. The Morgan fingerprint density at radius 1 is 1.09 bits per heavy atom. The van der Waals surface area contributed by atoms with Crippen molar-refractivity contribution in [1.29, 1.82) is 0 Å². The molecule has 12 heteroatoms. The number of esters is 1. The van der Waals surface area contributed by atoms with E-state index in [0.717, 1.165) is 4.68 Å². The van der Waals surface area contributed by atoms with Crippen molar-refractivity contribution in [1.82, 2.24) is 19.6 Å². The maximum absolute atomic E-state index is 13.0. The molecule has 0 saturated heterocycles. The summed E-state index contributed by atoms with van der Waals surface area (Å²) < 4.78 is 46.6. The van der Waals surface area contributed by atoms with Gasteiger partial charge in [-0.05, 0) is 48.3 Å². The third-order valence-electron chi connectivity index (χ3n) is 5.34. The summed E-state index contributed by atoms with van der Waals surface area (Å²) in [7, 11) is 1.31. The van der Waals surface area contributed by atoms with Crippen LogP contribution in [-0.2, 0) is 28.8 Å². The van der Waals surface area contributed by atoms with E-state index in [9.17, 15) is 22.8 Å². The molecule has 0 aliphatic rings. The fraction of sp³-hybridized carbons (Fsp3) is 0.364. The summed E-state index contributed by atoms with van der Waals surface area (Å²) in [5.74, 6) is -0.847. The number of alkyl halides is 3. The average molecular weight is 542 g/mol. The first-order valence-corrected chi connectivity index (χ1v) is 11.0. The van der Waals surface area contributed by atoms with Crippen LogP contribution in [0.4, 0.5) is 18.9 Å². The topological polar surface area (TPSA) is 91.0 Å². The zero-order valence-corrected chi connectivity index (χ0v) is 20.5. The lowest BCUT2D eigenvalue weighted by molar-refractivity contribution is -0.142. The van der Waals surface area contributed by atoms with E-state index in [1.165, 1.54) is 14.0 Å². The third kappa shape index (κ3) is 5.32. The quantitative estimate of drug-likeness (QED) is 0.439. The summed E-state index contributed by atoms with van der Waals surface area (Å²) >= 11 is 2.92. The fourth-order valence-electron chi connectivity index (χ4n) is 3.49. The molecule has 0 aliphatic carbocycles. The molecule has 34 heavy (non-hydrogen) atoms. The number of rotatable bonds is 7. The lowest BCUT2D eigenvalue weighted by Crippen LogP contribution is -2.17. The van der Waals surface area contributed by atoms with Crippen molar-refractivity contribution in [3.05, 3.63) is 62.6 Å². The number of halogens is 4. The summed E-state index contributed by atoms with van der Waals surface area (Å²) in [5.41, 5.74) is 2.13. The number of carbonyl (C=O) groups excluding carboxylic acids is 2. The third-order valence-corrected chi connectivity index (χ3v) is 6.29. The minimum Gasteiger partial charge on any atom is -0.465 e. The number of aryl methyl sites for hydroxylation is 2. The molecule has 1 amide bonds. The van der Waals surface area contributed by atoms with Crippen LogP contribution in [0.3, 0.4) is 0 Å². The van der Waals surface area contributed by atoms with Crippen molar-refractivity contribution < 1.29 is 27.5 Å². The van der Waals surface area contributed by atoms with E-state index in [4.69, 9.17) is 4.74 Å². The van der Waals surface area contributed by atoms with Gasteiger partial charge in [0.1, 0.15) is 0 Å². The van der Waals surface area contributed by atoms with Crippen LogP contribution in [0.5, 0.6) is 0 Å². The number of ether oxygens (including phenoxy) is 1. The van der Waals surface area contributed by atoms with E-state index in [1.54, 1.807) is 42.8 Å². The molecule has 3 aromatic rings. The Labute approximate surface area is 202 Å². The first kappa shape index (κ1) is 25.5. The molecule has 182 valence electrons. The van der Waals surface area contributed by atoms with E-state index in [1.807, 2.05) is 0 Å². The Morgan fingerprint density at radius 3 is 2.38 bits per heavy atom. The van der Waals surface area contributed by atoms with Gasteiger partial charge in [0.25, 0.3) is 0 Å². The van der Waals surface area contributed by atoms with Gasteiger partial charge in [-0.3, -0.25) is 14.2 Å². The zero-order valence-electron chi connectivity index (χ0n) is 19.0. The van der Waals surface area contributed by atoms with Gasteiger partial charge in [-0.2, -0.15) is 23.4 Å². The highest BCUT2D eigenvalue weighted by Crippen LogP contribution is 2.35. The number of nitrogens with one attached hydrogen (secondary N) is 1. The number of methoxy groups -OCH3 is 1. The van der Waals surface area contributed by atoms with Gasteiger partial charge in [0.05, 0.1) is 53.0 Å². The summed E-state index contributed by atoms with van der Waals surface area (Å²) in [6.45, 7) is 5.27. The maximum atomic E-state index is 13.0. The summed E-state index contributed by atoms with van der Waals surface area (Å²) in [4.78, 5) is 24.6. The smallest absolute Gasteiger partial charge is 0.436 e. The van der Waals surface area contributed by atoms with E-state index in [2.05, 4.69) is 31.4 Å². The number of amides is 1. The predicted octanol–water partition coefficient (Wildman–Crippen LogP) is 4.65. The van der Waals surface area contributed by atoms with Crippen molar-refractivity contribution >= 4 is 33.5 Å². The standard InChI is InChI=1S/C22H23BrF3N5O3/c1-12-19(14(3)31(28-12)11-15-7-5-6-8-16(15)21(33)34-4)27-17(32)9-10-30-13(2)18(23)20(29-30)22(24,25)26/h5-8H,9-11H2,1-4H3,(H,27,32). The van der Waals surface area contributed by atoms with Crippen molar-refractivity contribution in [2.45, 2.75) is 46.5 Å². The van der Waals surface area contributed by atoms with E-state index >= 15 is 0 Å². The van der Waals surface area contributed by atoms with Crippen molar-refractivity contribution in [2.75, 3.05) is 12.4 Å². The normalized spacial score (nSPS) is 11.5. The molecule has 8 nitrogen and oxygen atoms in total. The zero-order chi connectivity index (χ0) is 25.2. The van der Waals surface area contributed by atoms with Gasteiger partial charge in [-0.25, -0.2) is 4.79 Å². The monoisotopic (exact) mass is 541 g/mol. The molecule has 2 aromatic heterocycles. The number of aromatic nitrogens is 4. The molecule has 0 radical (unpaired) electrons. The first-order chi connectivity index (χ1) is 15.9. The number of hydrogen-bond acceptors (Lipinski definition) is 5. The summed E-state index contributed by atoms with van der Waals surface area (Å²) in [5, 5.41) is 10.8. The fourth-order valence-corrected chi connectivity index (χ4v) is 4.00. The Hall–Kier alpha value is -3.15. The highest BCUT2D eigenvalue weighted by Gasteiger charge is 2.37. The SMILES string of the molecule is COC(=O)c1ccccc1Cn1nc(C)c(NC(=O)CCn2nc(C(F)(F)F)c(Br)c2C)c1C. The summed E-state index contributed by atoms with van der Waals surface area (Å²) in [6.07, 6.45) is -4.67. The highest BCUT2D eigenvalue weighted by molar-refractivity contribution is 9.10. The molecule has 0 aliphatic heterocycles. The molecule has 0 atom stereocenters. The highest BCUT2D eigenvalue weighted by atomic mass is 79.9. The number of carbonyl (C=O) groups is 2. The molecule has 3 rings (SSSR count). The molecule has 0 saturated carbocycles. The van der Waals surface area contributed by atoms with Gasteiger partial charge < -0.3 is 10.1 Å². The number of anilines is 1. The van der Waals surface area contributed by atoms with Gasteiger partial charge in [0, 0.05) is 6.42 Å². The van der Waals surface area contributed by atoms with Crippen LogP contribution in [0.15, 0.2) is 28.7 Å². The van der Waals surface area contributed by atoms with Crippen LogP contribution in [0.25, 0.3) is 0 Å². The minimum atomic E-state index is -4.59. The largest absolute Gasteiger partial charge is 0.465 e. The Morgan fingerprint density at radius 2 is 1.76 bits per heavy atom. The molecule has 1 N–H and O–H groups in total. The Balaban J connectivity index is 1.72. The van der Waals surface area contributed by atoms with E-state index in [-0.39, 0.29) is 35.6 Å². The van der Waals surface area contributed by atoms with E-state index in [0.29, 0.717) is 28.2 Å². The average Bonchev–Trinajstić information content (AvgIpc) is 3.22. The van der Waals surface area contributed by atoms with Gasteiger partial charge in [-0.15, -0.1) is 0 Å². The Bertz CT molecular complexity index is 1230. The molecule has 1 aromatic carbocycles. The van der Waals surface area contributed by atoms with Crippen LogP contribution in [0.1, 0.15) is 45.1 Å². The maximum Gasteiger partial charge on any atom is 0.436 e. The van der Waals surface area contributed by atoms with Gasteiger partial charge in [0.2, 0.25) is 5.91 Å². The molecule has 0 bridgehead atoms. The van der Waals surface area contributed by atoms with Crippen molar-refractivity contribution in [2.24, 2.45) is 0 Å². The Kier molecular flexibility index (Phi) is 7.49. The number of nitrogens with zero attached hydrogens (tertiary/aromatic N) is 4. The molecule has 0 spiro atoms. The molecule has 0 unspecified atom stereocenters. The van der Waals surface area contributed by atoms with Crippen LogP contribution >= 0.6 is 15.9 Å². The molecule has 2 heterocycles. The lowest BCUT2D eigenvalue weighted by Gasteiger charge is -2.10. The minimum absolute atomic E-state index is 0.0227. The predicted molar refractivity (Wildman–Crippen MR) is 121 cm³/mol. The second kappa shape index (κ2) is 10.00. The van der Waals surface area contributed by atoms with Crippen LogP contribution in [-0.4, -0.2) is 38.5 Å². The molecular formula is C22H23BrF3N5O3. The van der Waals surface area contributed by atoms with Crippen molar-refractivity contribution in [3.8, 4) is 0 Å². The molecular weight excluding hydrogens is 519 g/mol. The van der Waals surface area contributed by atoms with Crippen molar-refractivity contribution in [3.63, 3.8) is 0 Å². The number of hydrogen-bond donors (Lipinski definition) is 1. The lowest BCUT2D eigenvalue weighted by atomic mass is 10.1. The van der Waals surface area contributed by atoms with Gasteiger partial charge in [-0.1, -0.05) is 18.2 Å². The van der Waals surface area contributed by atoms with Crippen LogP contribution < -0.4 is 5.32 Å². The van der Waals surface area contributed by atoms with Gasteiger partial charge >= 0.3 is 12.1 Å². The number of benzene rings is 1. The summed E-state index contributed by atoms with van der Waals surface area (Å²) in [6, 6.07) is 6.99. The van der Waals surface area contributed by atoms with E-state index < -0.39 is 17.8 Å². The molecule has 0 fully saturated rings. The van der Waals surface area contributed by atoms with Crippen LogP contribution in [0, 0.1) is 20.8 Å². The van der Waals surface area contributed by atoms with Gasteiger partial charge in [0.15, 0.2) is 5.69 Å². The second-order valence-corrected chi connectivity index (χ2v) is 8.41.